The summed E-state index contributed by atoms with van der Waals surface area (Å²) in [5, 5.41) is 11.9. The molecule has 1 aromatic carbocycles. The molecule has 3 aromatic rings. The summed E-state index contributed by atoms with van der Waals surface area (Å²) < 4.78 is 0. The Morgan fingerprint density at radius 1 is 1.00 bits per heavy atom. The van der Waals surface area contributed by atoms with E-state index in [0.717, 1.165) is 31.6 Å². The molecule has 2 aromatic heterocycles. The monoisotopic (exact) mass is 402 g/mol. The van der Waals surface area contributed by atoms with Crippen LogP contribution in [0.4, 0.5) is 5.82 Å². The molecule has 11 heteroatoms. The van der Waals surface area contributed by atoms with Crippen LogP contribution in [0, 0.1) is 0 Å². The minimum atomic E-state index is -0.127. The average molecular weight is 402 g/mol. The molecule has 31 heavy (non-hydrogen) atoms. The Balaban J connectivity index is 1.57. The first kappa shape index (κ1) is 21.6. The summed E-state index contributed by atoms with van der Waals surface area (Å²) in [6.07, 6.45) is 0. The zero-order valence-electron chi connectivity index (χ0n) is 17.3. The fourth-order valence-corrected chi connectivity index (χ4v) is 3.61. The third-order valence-corrected chi connectivity index (χ3v) is 5.44. The third-order valence-electron chi connectivity index (χ3n) is 5.44. The largest absolute Gasteiger partial charge is 0.308 e. The first-order valence-electron chi connectivity index (χ1n) is 9.90. The van der Waals surface area contributed by atoms with E-state index in [1.54, 1.807) is 12.1 Å². The number of benzene rings is 1. The molecular formula is C20H18B4N6O. The highest BCUT2D eigenvalue weighted by atomic mass is 16.2. The van der Waals surface area contributed by atoms with Crippen LogP contribution in [0.1, 0.15) is 0 Å². The number of nitrogens with one attached hydrogen (secondary N) is 1. The van der Waals surface area contributed by atoms with Crippen LogP contribution >= 0.6 is 0 Å². The van der Waals surface area contributed by atoms with Gasteiger partial charge in [0.15, 0.2) is 5.82 Å². The second kappa shape index (κ2) is 8.85. The molecule has 1 aliphatic heterocycles. The van der Waals surface area contributed by atoms with Crippen molar-refractivity contribution < 1.29 is 4.79 Å². The first-order chi connectivity index (χ1) is 14.8. The van der Waals surface area contributed by atoms with Crippen molar-refractivity contribution in [3.63, 3.8) is 0 Å². The van der Waals surface area contributed by atoms with Crippen LogP contribution in [0.15, 0.2) is 24.3 Å². The molecule has 146 valence electrons. The van der Waals surface area contributed by atoms with Gasteiger partial charge in [-0.3, -0.25) is 14.7 Å². The topological polar surface area (TPSA) is 74.2 Å². The zero-order valence-corrected chi connectivity index (χ0v) is 17.3. The van der Waals surface area contributed by atoms with Gasteiger partial charge in [-0.1, -0.05) is 17.0 Å². The minimum Gasteiger partial charge on any atom is -0.308 e. The summed E-state index contributed by atoms with van der Waals surface area (Å²) in [5.41, 5.74) is 2.62. The van der Waals surface area contributed by atoms with E-state index in [-0.39, 0.29) is 28.0 Å². The van der Waals surface area contributed by atoms with Gasteiger partial charge in [-0.2, -0.15) is 0 Å². The van der Waals surface area contributed by atoms with Gasteiger partial charge in [0.1, 0.15) is 31.4 Å². The summed E-state index contributed by atoms with van der Waals surface area (Å²) >= 11 is 0. The number of pyridine rings is 1. The molecule has 0 unspecified atom stereocenters. The molecule has 0 aliphatic carbocycles. The van der Waals surface area contributed by atoms with Crippen molar-refractivity contribution in [2.24, 2.45) is 0 Å². The van der Waals surface area contributed by atoms with Gasteiger partial charge in [0, 0.05) is 31.6 Å². The molecule has 0 spiro atoms. The highest BCUT2D eigenvalue weighted by molar-refractivity contribution is 6.59. The van der Waals surface area contributed by atoms with Crippen molar-refractivity contribution in [2.45, 2.75) is 0 Å². The molecule has 1 amide bonds. The zero-order chi connectivity index (χ0) is 22.1. The number of hydrogen-bond acceptors (Lipinski definition) is 6. The summed E-state index contributed by atoms with van der Waals surface area (Å²) in [6.45, 7) is 3.93. The molecule has 1 aliphatic rings. The van der Waals surface area contributed by atoms with Crippen molar-refractivity contribution in [2.75, 3.05) is 45.1 Å². The van der Waals surface area contributed by atoms with Gasteiger partial charge >= 0.3 is 0 Å². The van der Waals surface area contributed by atoms with Gasteiger partial charge < -0.3 is 10.2 Å². The highest BCUT2D eigenvalue weighted by Gasteiger charge is 2.17. The van der Waals surface area contributed by atoms with Crippen LogP contribution in [0.2, 0.25) is 0 Å². The lowest BCUT2D eigenvalue weighted by Crippen LogP contribution is -2.47. The molecule has 0 atom stereocenters. The maximum absolute atomic E-state index is 12.4. The van der Waals surface area contributed by atoms with E-state index in [0.29, 0.717) is 29.0 Å². The second-order valence-corrected chi connectivity index (χ2v) is 7.72. The van der Waals surface area contributed by atoms with E-state index in [1.165, 1.54) is 0 Å². The molecule has 1 saturated heterocycles. The van der Waals surface area contributed by atoms with Gasteiger partial charge in [-0.15, -0.1) is 10.2 Å². The average Bonchev–Trinajstić information content (AvgIpc) is 2.73. The number of hydrogen-bond donors (Lipinski definition) is 1. The molecule has 3 heterocycles. The lowest BCUT2D eigenvalue weighted by atomic mass is 9.70. The number of likely N-dealkylation sites (N-methyl/N-ethyl adjacent to an activating group) is 1. The van der Waals surface area contributed by atoms with Gasteiger partial charge in [0.2, 0.25) is 5.91 Å². The van der Waals surface area contributed by atoms with Crippen LogP contribution in [-0.4, -0.2) is 102 Å². The van der Waals surface area contributed by atoms with E-state index in [9.17, 15) is 4.79 Å². The second-order valence-electron chi connectivity index (χ2n) is 7.72. The van der Waals surface area contributed by atoms with E-state index < -0.39 is 0 Å². The number of aromatic nitrogens is 3. The summed E-state index contributed by atoms with van der Waals surface area (Å²) in [6, 6.07) is 7.20. The molecule has 7 nitrogen and oxygen atoms in total. The molecule has 1 N–H and O–H groups in total. The van der Waals surface area contributed by atoms with Gasteiger partial charge in [0.25, 0.3) is 0 Å². The Bertz CT molecular complexity index is 1150. The van der Waals surface area contributed by atoms with Crippen LogP contribution in [0.3, 0.4) is 0 Å². The maximum atomic E-state index is 12.4. The summed E-state index contributed by atoms with van der Waals surface area (Å²) in [5.74, 6) is 0.248. The Morgan fingerprint density at radius 2 is 1.74 bits per heavy atom. The summed E-state index contributed by atoms with van der Waals surface area (Å²) in [7, 11) is 25.9. The molecular weight excluding hydrogens is 384 g/mol. The van der Waals surface area contributed by atoms with E-state index >= 15 is 0 Å². The van der Waals surface area contributed by atoms with Crippen molar-refractivity contribution in [1.29, 1.82) is 0 Å². The molecule has 4 rings (SSSR count). The summed E-state index contributed by atoms with van der Waals surface area (Å²) in [4.78, 5) is 20.9. The van der Waals surface area contributed by atoms with Gasteiger partial charge in [-0.25, -0.2) is 0 Å². The molecule has 0 bridgehead atoms. The maximum Gasteiger partial charge on any atom is 0.239 e. The Hall–Kier alpha value is -2.64. The van der Waals surface area contributed by atoms with Crippen molar-refractivity contribution in [1.82, 2.24) is 25.0 Å². The highest BCUT2D eigenvalue weighted by Crippen LogP contribution is 2.21. The van der Waals surface area contributed by atoms with Crippen molar-refractivity contribution in [3.05, 3.63) is 24.3 Å². The van der Waals surface area contributed by atoms with Crippen LogP contribution in [0.25, 0.3) is 22.0 Å². The Kier molecular flexibility index (Phi) is 6.16. The predicted octanol–water partition coefficient (Wildman–Crippen LogP) is -2.95. The minimum absolute atomic E-state index is 0.0933. The third kappa shape index (κ3) is 4.67. The smallest absolute Gasteiger partial charge is 0.239 e. The quantitative estimate of drug-likeness (QED) is 0.472. The number of nitrogens with zero attached hydrogens (tertiary/aromatic N) is 5. The Labute approximate surface area is 186 Å². The standard InChI is InChI=1S/C20H18B4N6O/c1-29-4-6-30(7-5-29)10-15(31)25-14-9-12-8-11(2-3-13(12)27-28-14)16-17(21)18(22)20(24)26-19(16)23/h2-3,8-9H,4-7,10H2,1H3,(H,25,28,31). The van der Waals surface area contributed by atoms with Gasteiger partial charge in [0.05, 0.1) is 12.1 Å². The molecule has 0 saturated carbocycles. The number of anilines is 1. The molecule has 8 radical (unpaired) electrons. The van der Waals surface area contributed by atoms with Crippen LogP contribution in [-0.2, 0) is 4.79 Å². The number of carbonyl (C=O) groups is 1. The number of rotatable bonds is 4. The molecule has 1 fully saturated rings. The van der Waals surface area contributed by atoms with E-state index in [1.807, 2.05) is 12.1 Å². The first-order valence-corrected chi connectivity index (χ1v) is 9.90. The Morgan fingerprint density at radius 3 is 2.48 bits per heavy atom. The lowest BCUT2D eigenvalue weighted by Gasteiger charge is -2.31. The van der Waals surface area contributed by atoms with E-state index in [4.69, 9.17) is 31.4 Å². The van der Waals surface area contributed by atoms with E-state index in [2.05, 4.69) is 37.3 Å². The van der Waals surface area contributed by atoms with Gasteiger partial charge in [-0.05, 0) is 47.6 Å². The number of amides is 1. The number of carbonyl (C=O) groups excluding carboxylic acids is 1. The number of piperazine rings is 1. The fourth-order valence-electron chi connectivity index (χ4n) is 3.61. The predicted molar refractivity (Wildman–Crippen MR) is 127 cm³/mol. The van der Waals surface area contributed by atoms with Crippen LogP contribution in [0.5, 0.6) is 0 Å². The lowest BCUT2D eigenvalue weighted by molar-refractivity contribution is -0.117. The SMILES string of the molecule is [B]c1nc([B])c(-c2ccc3nnc(NC(=O)CN4CCN(C)CC4)cc3c2)c([B])c1[B]. The van der Waals surface area contributed by atoms with Crippen molar-refractivity contribution >= 4 is 76.1 Å². The fraction of sp³-hybridized carbons (Fsp3) is 0.300. The van der Waals surface area contributed by atoms with Crippen molar-refractivity contribution in [3.8, 4) is 11.1 Å². The normalized spacial score (nSPS) is 15.3. The number of fused-ring (bicyclic) bond motifs is 1. The van der Waals surface area contributed by atoms with Crippen LogP contribution < -0.4 is 27.4 Å².